The summed E-state index contributed by atoms with van der Waals surface area (Å²) >= 11 is 0. The molecule has 1 aromatic carbocycles. The molecule has 7 nitrogen and oxygen atoms in total. The number of nitrogens with one attached hydrogen (secondary N) is 1. The first-order valence-electron chi connectivity index (χ1n) is 5.79. The molecular formula is C13H17NO6. The summed E-state index contributed by atoms with van der Waals surface area (Å²) < 4.78 is 15.5. The summed E-state index contributed by atoms with van der Waals surface area (Å²) in [6, 6.07) is 3.30. The first kappa shape index (κ1) is 15.6. The Balaban J connectivity index is 2.88. The molecule has 0 aliphatic heterocycles. The summed E-state index contributed by atoms with van der Waals surface area (Å²) in [5.41, 5.74) is 0.656. The second-order valence-corrected chi connectivity index (χ2v) is 3.87. The van der Waals surface area contributed by atoms with Crippen molar-refractivity contribution >= 4 is 11.9 Å². The van der Waals surface area contributed by atoms with Crippen LogP contribution in [0, 0.1) is 0 Å². The third kappa shape index (κ3) is 4.04. The van der Waals surface area contributed by atoms with Crippen LogP contribution in [0.3, 0.4) is 0 Å². The lowest BCUT2D eigenvalue weighted by Crippen LogP contribution is -2.25. The summed E-state index contributed by atoms with van der Waals surface area (Å²) in [5.74, 6) is -0.241. The van der Waals surface area contributed by atoms with E-state index in [9.17, 15) is 9.59 Å². The Bertz CT molecular complexity index is 500. The molecule has 0 aliphatic carbocycles. The standard InChI is InChI=1S/C13H17NO6/c1-18-9-5-11(20-3)10(19-2)4-8(9)7-14-12(15)6-13(16)17/h4-5H,6-7H2,1-3H3,(H,14,15)(H,16,17). The molecule has 0 aliphatic rings. The van der Waals surface area contributed by atoms with E-state index < -0.39 is 18.3 Å². The number of carbonyl (C=O) groups is 2. The van der Waals surface area contributed by atoms with Gasteiger partial charge in [-0.1, -0.05) is 0 Å². The molecule has 1 aromatic rings. The SMILES string of the molecule is COc1cc(OC)c(OC)cc1CNC(=O)CC(=O)O. The number of hydrogen-bond donors (Lipinski definition) is 2. The van der Waals surface area contributed by atoms with Crippen molar-refractivity contribution < 1.29 is 28.9 Å². The normalized spacial score (nSPS) is 9.75. The third-order valence-corrected chi connectivity index (χ3v) is 2.57. The quantitative estimate of drug-likeness (QED) is 0.719. The van der Waals surface area contributed by atoms with Crippen molar-refractivity contribution in [1.82, 2.24) is 5.32 Å². The van der Waals surface area contributed by atoms with Gasteiger partial charge in [0.1, 0.15) is 12.2 Å². The average Bonchev–Trinajstić information content (AvgIpc) is 2.43. The molecule has 0 fully saturated rings. The van der Waals surface area contributed by atoms with E-state index in [1.165, 1.54) is 21.3 Å². The Hall–Kier alpha value is -2.44. The second kappa shape index (κ2) is 7.22. The van der Waals surface area contributed by atoms with Gasteiger partial charge in [0.2, 0.25) is 5.91 Å². The zero-order valence-corrected chi connectivity index (χ0v) is 11.6. The van der Waals surface area contributed by atoms with E-state index >= 15 is 0 Å². The van der Waals surface area contributed by atoms with Crippen LogP contribution in [-0.4, -0.2) is 38.3 Å². The van der Waals surface area contributed by atoms with Crippen LogP contribution in [-0.2, 0) is 16.1 Å². The topological polar surface area (TPSA) is 94.1 Å². The zero-order valence-electron chi connectivity index (χ0n) is 11.6. The fraction of sp³-hybridized carbons (Fsp3) is 0.385. The van der Waals surface area contributed by atoms with E-state index in [1.54, 1.807) is 12.1 Å². The van der Waals surface area contributed by atoms with Crippen molar-refractivity contribution in [1.29, 1.82) is 0 Å². The summed E-state index contributed by atoms with van der Waals surface area (Å²) in [5, 5.41) is 11.0. The maximum atomic E-state index is 11.3. The molecule has 110 valence electrons. The molecule has 0 heterocycles. The van der Waals surface area contributed by atoms with Crippen LogP contribution in [0.2, 0.25) is 0 Å². The molecule has 0 unspecified atom stereocenters. The Morgan fingerprint density at radius 2 is 1.60 bits per heavy atom. The van der Waals surface area contributed by atoms with Gasteiger partial charge in [-0.15, -0.1) is 0 Å². The predicted molar refractivity (Wildman–Crippen MR) is 70.2 cm³/mol. The van der Waals surface area contributed by atoms with Gasteiger partial charge in [0.05, 0.1) is 21.3 Å². The van der Waals surface area contributed by atoms with E-state index in [2.05, 4.69) is 5.32 Å². The van der Waals surface area contributed by atoms with Crippen LogP contribution in [0.4, 0.5) is 0 Å². The highest BCUT2D eigenvalue weighted by Crippen LogP contribution is 2.34. The Morgan fingerprint density at radius 1 is 1.05 bits per heavy atom. The summed E-state index contributed by atoms with van der Waals surface area (Å²) in [6.45, 7) is 0.135. The molecule has 0 bridgehead atoms. The van der Waals surface area contributed by atoms with Gasteiger partial charge in [-0.05, 0) is 6.07 Å². The summed E-state index contributed by atoms with van der Waals surface area (Å²) in [7, 11) is 4.49. The predicted octanol–water partition coefficient (Wildman–Crippen LogP) is 0.803. The van der Waals surface area contributed by atoms with Gasteiger partial charge in [0, 0.05) is 18.2 Å². The molecule has 0 atom stereocenters. The monoisotopic (exact) mass is 283 g/mol. The van der Waals surface area contributed by atoms with Crippen LogP contribution in [0.25, 0.3) is 0 Å². The summed E-state index contributed by atoms with van der Waals surface area (Å²) in [4.78, 5) is 21.7. The van der Waals surface area contributed by atoms with Gasteiger partial charge in [0.25, 0.3) is 0 Å². The van der Waals surface area contributed by atoms with Crippen LogP contribution >= 0.6 is 0 Å². The fourth-order valence-electron chi connectivity index (χ4n) is 1.62. The van der Waals surface area contributed by atoms with Gasteiger partial charge in [-0.2, -0.15) is 0 Å². The Labute approximate surface area is 116 Å². The maximum Gasteiger partial charge on any atom is 0.312 e. The number of rotatable bonds is 7. The molecule has 0 spiro atoms. The fourth-order valence-corrected chi connectivity index (χ4v) is 1.62. The smallest absolute Gasteiger partial charge is 0.312 e. The molecule has 20 heavy (non-hydrogen) atoms. The van der Waals surface area contributed by atoms with E-state index in [4.69, 9.17) is 19.3 Å². The number of carbonyl (C=O) groups excluding carboxylic acids is 1. The maximum absolute atomic E-state index is 11.3. The van der Waals surface area contributed by atoms with Gasteiger partial charge in [-0.3, -0.25) is 9.59 Å². The molecule has 0 saturated heterocycles. The Kier molecular flexibility index (Phi) is 5.64. The molecular weight excluding hydrogens is 266 g/mol. The summed E-state index contributed by atoms with van der Waals surface area (Å²) in [6.07, 6.45) is -0.574. The zero-order chi connectivity index (χ0) is 15.1. The lowest BCUT2D eigenvalue weighted by atomic mass is 10.1. The molecule has 2 N–H and O–H groups in total. The molecule has 7 heteroatoms. The van der Waals surface area contributed by atoms with Crippen molar-refractivity contribution in [3.63, 3.8) is 0 Å². The first-order chi connectivity index (χ1) is 9.51. The lowest BCUT2D eigenvalue weighted by molar-refractivity contribution is -0.140. The minimum absolute atomic E-state index is 0.135. The third-order valence-electron chi connectivity index (χ3n) is 2.57. The van der Waals surface area contributed by atoms with Crippen LogP contribution in [0.15, 0.2) is 12.1 Å². The number of aliphatic carboxylic acids is 1. The minimum atomic E-state index is -1.18. The number of hydrogen-bond acceptors (Lipinski definition) is 5. The highest BCUT2D eigenvalue weighted by molar-refractivity contribution is 5.93. The van der Waals surface area contributed by atoms with Gasteiger partial charge < -0.3 is 24.6 Å². The van der Waals surface area contributed by atoms with E-state index in [-0.39, 0.29) is 6.54 Å². The van der Waals surface area contributed by atoms with Crippen molar-refractivity contribution in [2.45, 2.75) is 13.0 Å². The molecule has 1 rings (SSSR count). The number of methoxy groups -OCH3 is 3. The first-order valence-corrected chi connectivity index (χ1v) is 5.79. The number of amides is 1. The van der Waals surface area contributed by atoms with Crippen LogP contribution in [0.5, 0.6) is 17.2 Å². The molecule has 0 aromatic heterocycles. The minimum Gasteiger partial charge on any atom is -0.496 e. The lowest BCUT2D eigenvalue weighted by Gasteiger charge is -2.14. The van der Waals surface area contributed by atoms with E-state index in [0.717, 1.165) is 0 Å². The van der Waals surface area contributed by atoms with Crippen molar-refractivity contribution in [2.24, 2.45) is 0 Å². The van der Waals surface area contributed by atoms with Crippen LogP contribution in [0.1, 0.15) is 12.0 Å². The van der Waals surface area contributed by atoms with Crippen molar-refractivity contribution in [3.8, 4) is 17.2 Å². The number of ether oxygens (including phenoxy) is 3. The number of carboxylic acid groups (broad SMARTS) is 1. The largest absolute Gasteiger partial charge is 0.496 e. The van der Waals surface area contributed by atoms with Gasteiger partial charge in [-0.25, -0.2) is 0 Å². The molecule has 0 saturated carbocycles. The second-order valence-electron chi connectivity index (χ2n) is 3.87. The number of carboxylic acids is 1. The van der Waals surface area contributed by atoms with E-state index in [0.29, 0.717) is 22.8 Å². The van der Waals surface area contributed by atoms with Crippen molar-refractivity contribution in [2.75, 3.05) is 21.3 Å². The highest BCUT2D eigenvalue weighted by Gasteiger charge is 2.13. The van der Waals surface area contributed by atoms with Crippen molar-refractivity contribution in [3.05, 3.63) is 17.7 Å². The Morgan fingerprint density at radius 3 is 2.10 bits per heavy atom. The van der Waals surface area contributed by atoms with Gasteiger partial charge >= 0.3 is 5.97 Å². The van der Waals surface area contributed by atoms with Crippen LogP contribution < -0.4 is 19.5 Å². The highest BCUT2D eigenvalue weighted by atomic mass is 16.5. The van der Waals surface area contributed by atoms with E-state index in [1.807, 2.05) is 0 Å². The van der Waals surface area contributed by atoms with Gasteiger partial charge in [0.15, 0.2) is 11.5 Å². The molecule has 0 radical (unpaired) electrons. The number of benzene rings is 1. The average molecular weight is 283 g/mol. The molecule has 1 amide bonds.